The minimum Gasteiger partial charge on any atom is -0.343 e. The summed E-state index contributed by atoms with van der Waals surface area (Å²) in [6, 6.07) is 16.5. The molecule has 2 aromatic carbocycles. The van der Waals surface area contributed by atoms with Gasteiger partial charge in [-0.1, -0.05) is 60.8 Å². The van der Waals surface area contributed by atoms with Crippen LogP contribution in [0.15, 0.2) is 60.9 Å². The lowest BCUT2D eigenvalue weighted by molar-refractivity contribution is -0.131. The molecule has 154 valence electrons. The van der Waals surface area contributed by atoms with Gasteiger partial charge in [-0.2, -0.15) is 0 Å². The van der Waals surface area contributed by atoms with Gasteiger partial charge in [-0.3, -0.25) is 4.79 Å². The Balaban J connectivity index is 1.56. The van der Waals surface area contributed by atoms with E-state index in [1.807, 2.05) is 24.5 Å². The van der Waals surface area contributed by atoms with Crippen molar-refractivity contribution in [2.75, 3.05) is 13.1 Å². The summed E-state index contributed by atoms with van der Waals surface area (Å²) >= 11 is 6.21. The molecule has 5 heteroatoms. The summed E-state index contributed by atoms with van der Waals surface area (Å²) in [6.07, 6.45) is 9.78. The monoisotopic (exact) mass is 419 g/mol. The van der Waals surface area contributed by atoms with Crippen LogP contribution in [-0.2, 0) is 10.3 Å². The van der Waals surface area contributed by atoms with Crippen LogP contribution in [0.2, 0.25) is 5.02 Å². The number of carbonyl (C=O) groups excluding carboxylic acids is 1. The Morgan fingerprint density at radius 3 is 2.50 bits per heavy atom. The molecule has 4 nitrogen and oxygen atoms in total. The molecule has 0 radical (unpaired) electrons. The van der Waals surface area contributed by atoms with Crippen LogP contribution in [0.1, 0.15) is 49.7 Å². The first-order valence-electron chi connectivity index (χ1n) is 10.9. The number of hydrogen-bond donors (Lipinski definition) is 0. The Morgan fingerprint density at radius 1 is 1.00 bits per heavy atom. The fourth-order valence-corrected chi connectivity index (χ4v) is 5.29. The number of nitrogens with zero attached hydrogens (tertiary/aromatic N) is 3. The van der Waals surface area contributed by atoms with Crippen LogP contribution in [0.5, 0.6) is 0 Å². The highest BCUT2D eigenvalue weighted by atomic mass is 35.5. The third-order valence-electron chi connectivity index (χ3n) is 6.65. The first kappa shape index (κ1) is 19.4. The second-order valence-corrected chi connectivity index (χ2v) is 8.77. The minimum atomic E-state index is -0.450. The SMILES string of the molecule is O=C(CCC1(c2ccc(Cl)cc2)c2ccccc2-c2nccn21)N1CCCCCC1. The van der Waals surface area contributed by atoms with Gasteiger partial charge < -0.3 is 9.47 Å². The van der Waals surface area contributed by atoms with Crippen LogP contribution in [0.4, 0.5) is 0 Å². The third kappa shape index (κ3) is 3.14. The van der Waals surface area contributed by atoms with E-state index < -0.39 is 5.54 Å². The first-order valence-corrected chi connectivity index (χ1v) is 11.3. The van der Waals surface area contributed by atoms with Crippen molar-refractivity contribution in [3.05, 3.63) is 77.1 Å². The van der Waals surface area contributed by atoms with Crippen molar-refractivity contribution in [1.29, 1.82) is 0 Å². The quantitative estimate of drug-likeness (QED) is 0.560. The molecule has 0 aliphatic carbocycles. The highest BCUT2D eigenvalue weighted by Gasteiger charge is 2.45. The average molecular weight is 420 g/mol. The van der Waals surface area contributed by atoms with Crippen LogP contribution in [-0.4, -0.2) is 33.4 Å². The summed E-state index contributed by atoms with van der Waals surface area (Å²) in [5, 5.41) is 0.715. The van der Waals surface area contributed by atoms with Gasteiger partial charge in [0.25, 0.3) is 0 Å². The van der Waals surface area contributed by atoms with Crippen molar-refractivity contribution in [2.45, 2.75) is 44.1 Å². The van der Waals surface area contributed by atoms with Crippen molar-refractivity contribution in [1.82, 2.24) is 14.5 Å². The fourth-order valence-electron chi connectivity index (χ4n) is 5.16. The number of imidazole rings is 1. The Labute approximate surface area is 182 Å². The van der Waals surface area contributed by atoms with Gasteiger partial charge in [-0.25, -0.2) is 4.98 Å². The predicted molar refractivity (Wildman–Crippen MR) is 120 cm³/mol. The maximum Gasteiger partial charge on any atom is 0.222 e. The summed E-state index contributed by atoms with van der Waals surface area (Å²) < 4.78 is 2.25. The van der Waals surface area contributed by atoms with Crippen molar-refractivity contribution in [2.24, 2.45) is 0 Å². The number of halogens is 1. The van der Waals surface area contributed by atoms with E-state index in [1.165, 1.54) is 18.4 Å². The van der Waals surface area contributed by atoms with Gasteiger partial charge in [-0.05, 0) is 42.5 Å². The highest BCUT2D eigenvalue weighted by Crippen LogP contribution is 2.49. The molecule has 1 atom stereocenters. The molecule has 0 bridgehead atoms. The molecule has 1 saturated heterocycles. The zero-order chi connectivity index (χ0) is 20.6. The molecule has 1 amide bonds. The van der Waals surface area contributed by atoms with E-state index in [1.54, 1.807) is 0 Å². The lowest BCUT2D eigenvalue weighted by Crippen LogP contribution is -2.37. The topological polar surface area (TPSA) is 38.1 Å². The molecule has 3 heterocycles. The number of likely N-dealkylation sites (tertiary alicyclic amines) is 1. The summed E-state index contributed by atoms with van der Waals surface area (Å²) in [6.45, 7) is 1.78. The molecule has 1 aromatic heterocycles. The standard InChI is InChI=1S/C25H26ClN3O/c26-20-11-9-19(10-12-20)25(14-13-23(30)28-16-5-1-2-6-17-28)22-8-4-3-7-21(22)24-27-15-18-29(24)25/h3-4,7-12,15,18H,1-2,5-6,13-14,16-17H2. The number of amides is 1. The molecule has 30 heavy (non-hydrogen) atoms. The lowest BCUT2D eigenvalue weighted by atomic mass is 9.79. The van der Waals surface area contributed by atoms with E-state index in [2.05, 4.69) is 50.8 Å². The molecule has 3 aromatic rings. The van der Waals surface area contributed by atoms with E-state index in [4.69, 9.17) is 11.6 Å². The molecule has 1 unspecified atom stereocenters. The van der Waals surface area contributed by atoms with Crippen LogP contribution in [0, 0.1) is 0 Å². The molecule has 2 aliphatic rings. The molecule has 0 N–H and O–H groups in total. The van der Waals surface area contributed by atoms with Gasteiger partial charge in [0.05, 0.1) is 5.54 Å². The van der Waals surface area contributed by atoms with Crippen LogP contribution in [0.25, 0.3) is 11.4 Å². The first-order chi connectivity index (χ1) is 14.7. The second-order valence-electron chi connectivity index (χ2n) is 8.33. The number of fused-ring (bicyclic) bond motifs is 3. The van der Waals surface area contributed by atoms with Gasteiger partial charge in [0, 0.05) is 42.5 Å². The van der Waals surface area contributed by atoms with E-state index in [0.717, 1.165) is 42.9 Å². The van der Waals surface area contributed by atoms with Crippen LogP contribution < -0.4 is 0 Å². The molecule has 1 fully saturated rings. The normalized spacial score (nSPS) is 20.5. The number of rotatable bonds is 4. The third-order valence-corrected chi connectivity index (χ3v) is 6.90. The summed E-state index contributed by atoms with van der Waals surface area (Å²) in [5.41, 5.74) is 3.03. The Kier molecular flexibility index (Phi) is 5.11. The zero-order valence-corrected chi connectivity index (χ0v) is 17.8. The average Bonchev–Trinajstić information content (AvgIpc) is 3.23. The Morgan fingerprint density at radius 2 is 1.73 bits per heavy atom. The number of benzene rings is 2. The number of aromatic nitrogens is 2. The van der Waals surface area contributed by atoms with E-state index in [0.29, 0.717) is 17.9 Å². The molecular formula is C25H26ClN3O. The maximum absolute atomic E-state index is 13.2. The van der Waals surface area contributed by atoms with E-state index >= 15 is 0 Å². The molecule has 0 spiro atoms. The van der Waals surface area contributed by atoms with Gasteiger partial charge >= 0.3 is 0 Å². The van der Waals surface area contributed by atoms with Gasteiger partial charge in [0.15, 0.2) is 0 Å². The summed E-state index contributed by atoms with van der Waals surface area (Å²) in [4.78, 5) is 19.9. The smallest absolute Gasteiger partial charge is 0.222 e. The van der Waals surface area contributed by atoms with E-state index in [9.17, 15) is 4.79 Å². The van der Waals surface area contributed by atoms with Crippen LogP contribution >= 0.6 is 11.6 Å². The van der Waals surface area contributed by atoms with E-state index in [-0.39, 0.29) is 5.91 Å². The van der Waals surface area contributed by atoms with Crippen molar-refractivity contribution >= 4 is 17.5 Å². The van der Waals surface area contributed by atoms with Crippen LogP contribution in [0.3, 0.4) is 0 Å². The van der Waals surface area contributed by atoms with Crippen molar-refractivity contribution < 1.29 is 4.79 Å². The summed E-state index contributed by atoms with van der Waals surface area (Å²) in [7, 11) is 0. The van der Waals surface area contributed by atoms with Gasteiger partial charge in [-0.15, -0.1) is 0 Å². The van der Waals surface area contributed by atoms with Crippen molar-refractivity contribution in [3.63, 3.8) is 0 Å². The Hall–Kier alpha value is -2.59. The molecule has 5 rings (SSSR count). The summed E-state index contributed by atoms with van der Waals surface area (Å²) in [5.74, 6) is 1.22. The Bertz CT molecular complexity index is 1050. The highest BCUT2D eigenvalue weighted by molar-refractivity contribution is 6.30. The van der Waals surface area contributed by atoms with Gasteiger partial charge in [0.2, 0.25) is 5.91 Å². The number of hydrogen-bond acceptors (Lipinski definition) is 2. The zero-order valence-electron chi connectivity index (χ0n) is 17.1. The fraction of sp³-hybridized carbons (Fsp3) is 0.360. The second kappa shape index (κ2) is 7.92. The lowest BCUT2D eigenvalue weighted by Gasteiger charge is -2.34. The molecular weight excluding hydrogens is 394 g/mol. The molecule has 2 aliphatic heterocycles. The maximum atomic E-state index is 13.2. The molecule has 0 saturated carbocycles. The van der Waals surface area contributed by atoms with Gasteiger partial charge in [0.1, 0.15) is 5.82 Å². The predicted octanol–water partition coefficient (Wildman–Crippen LogP) is 5.49. The largest absolute Gasteiger partial charge is 0.343 e. The van der Waals surface area contributed by atoms with Crippen molar-refractivity contribution in [3.8, 4) is 11.4 Å². The number of carbonyl (C=O) groups is 1. The minimum absolute atomic E-state index is 0.260.